The van der Waals surface area contributed by atoms with Crippen molar-refractivity contribution in [1.29, 1.82) is 0 Å². The van der Waals surface area contributed by atoms with Crippen LogP contribution in [0.1, 0.15) is 5.76 Å². The third-order valence-electron chi connectivity index (χ3n) is 3.80. The summed E-state index contributed by atoms with van der Waals surface area (Å²) in [7, 11) is 0. The molecule has 0 aliphatic carbocycles. The van der Waals surface area contributed by atoms with Crippen LogP contribution in [-0.4, -0.2) is 50.4 Å². The molecule has 0 fully saturated rings. The average Bonchev–Trinajstić information content (AvgIpc) is 3.26. The molecular formula is C17H17ClN4O4. The zero-order valence-corrected chi connectivity index (χ0v) is 14.6. The van der Waals surface area contributed by atoms with E-state index in [0.717, 1.165) is 10.2 Å². The second-order valence-corrected chi connectivity index (χ2v) is 6.06. The van der Waals surface area contributed by atoms with Crippen molar-refractivity contribution >= 4 is 17.6 Å². The van der Waals surface area contributed by atoms with Gasteiger partial charge < -0.3 is 20.1 Å². The van der Waals surface area contributed by atoms with Gasteiger partial charge in [-0.1, -0.05) is 28.9 Å². The van der Waals surface area contributed by atoms with Crippen LogP contribution in [0, 0.1) is 6.92 Å². The Hall–Kier alpha value is -2.68. The molecule has 9 heteroatoms. The Bertz CT molecular complexity index is 900. The maximum Gasteiger partial charge on any atom is 0.342 e. The highest BCUT2D eigenvalue weighted by atomic mass is 35.5. The highest BCUT2D eigenvalue weighted by Crippen LogP contribution is 2.33. The van der Waals surface area contributed by atoms with Crippen LogP contribution >= 0.6 is 11.6 Å². The second-order valence-electron chi connectivity index (χ2n) is 5.63. The van der Waals surface area contributed by atoms with Crippen molar-refractivity contribution in [3.05, 3.63) is 47.3 Å². The molecule has 0 spiro atoms. The molecule has 2 aromatic heterocycles. The van der Waals surface area contributed by atoms with Crippen LogP contribution in [0.25, 0.3) is 22.5 Å². The summed E-state index contributed by atoms with van der Waals surface area (Å²) in [5.41, 5.74) is 2.57. The van der Waals surface area contributed by atoms with Gasteiger partial charge in [0.05, 0.1) is 30.5 Å². The summed E-state index contributed by atoms with van der Waals surface area (Å²) >= 11 is 5.93. The fourth-order valence-corrected chi connectivity index (χ4v) is 2.56. The standard InChI is InChI=1S/C17H17ClN4O4/c1-10-15(16(21-26-10)11-2-4-12(18)5-3-11)14-6-7-22(20-14)17(25)19-13(8-23)9-24/h2-7,13,23-24H,8-9H2,1H3,(H,19,25). The molecular weight excluding hydrogens is 360 g/mol. The number of amides is 1. The predicted octanol–water partition coefficient (Wildman–Crippen LogP) is 2.08. The van der Waals surface area contributed by atoms with Gasteiger partial charge in [0.2, 0.25) is 0 Å². The van der Waals surface area contributed by atoms with Gasteiger partial charge in [-0.3, -0.25) is 0 Å². The molecule has 8 nitrogen and oxygen atoms in total. The quantitative estimate of drug-likeness (QED) is 0.628. The molecule has 0 bridgehead atoms. The molecule has 0 aliphatic heterocycles. The number of aromatic nitrogens is 3. The van der Waals surface area contributed by atoms with Gasteiger partial charge in [-0.2, -0.15) is 9.78 Å². The molecule has 0 aliphatic rings. The molecule has 0 saturated heterocycles. The Morgan fingerprint density at radius 2 is 1.96 bits per heavy atom. The Morgan fingerprint density at radius 3 is 2.62 bits per heavy atom. The molecule has 0 saturated carbocycles. The van der Waals surface area contributed by atoms with Crippen LogP contribution < -0.4 is 5.32 Å². The zero-order chi connectivity index (χ0) is 18.7. The molecule has 1 amide bonds. The molecule has 0 atom stereocenters. The number of halogens is 1. The minimum absolute atomic E-state index is 0.373. The van der Waals surface area contributed by atoms with Gasteiger partial charge in [0.1, 0.15) is 11.5 Å². The first-order valence-corrected chi connectivity index (χ1v) is 8.22. The maximum absolute atomic E-state index is 12.1. The molecule has 1 aromatic carbocycles. The molecule has 3 N–H and O–H groups in total. The van der Waals surface area contributed by atoms with Crippen molar-refractivity contribution in [3.8, 4) is 22.5 Å². The maximum atomic E-state index is 12.1. The molecule has 2 heterocycles. The van der Waals surface area contributed by atoms with Crippen molar-refractivity contribution in [2.75, 3.05) is 13.2 Å². The minimum atomic E-state index is -0.753. The summed E-state index contributed by atoms with van der Waals surface area (Å²) in [5, 5.41) is 29.5. The lowest BCUT2D eigenvalue weighted by Gasteiger charge is -2.12. The summed E-state index contributed by atoms with van der Waals surface area (Å²) in [6, 6.07) is 7.48. The second kappa shape index (κ2) is 7.69. The number of hydrogen-bond donors (Lipinski definition) is 3. The Balaban J connectivity index is 1.91. The van der Waals surface area contributed by atoms with Crippen LogP contribution in [0.15, 0.2) is 41.1 Å². The third kappa shape index (κ3) is 3.62. The van der Waals surface area contributed by atoms with Crippen LogP contribution in [-0.2, 0) is 0 Å². The first-order chi connectivity index (χ1) is 12.5. The number of carbonyl (C=O) groups is 1. The van der Waals surface area contributed by atoms with E-state index in [-0.39, 0.29) is 13.2 Å². The van der Waals surface area contributed by atoms with E-state index in [2.05, 4.69) is 15.6 Å². The van der Waals surface area contributed by atoms with E-state index in [9.17, 15) is 4.79 Å². The highest BCUT2D eigenvalue weighted by Gasteiger charge is 2.20. The molecule has 3 aromatic rings. The molecule has 3 rings (SSSR count). The molecule has 0 radical (unpaired) electrons. The van der Waals surface area contributed by atoms with Crippen LogP contribution in [0.4, 0.5) is 4.79 Å². The number of hydrogen-bond acceptors (Lipinski definition) is 6. The van der Waals surface area contributed by atoms with Gasteiger partial charge in [-0.15, -0.1) is 0 Å². The lowest BCUT2D eigenvalue weighted by molar-refractivity contribution is 0.168. The number of aliphatic hydroxyl groups is 2. The SMILES string of the molecule is Cc1onc(-c2ccc(Cl)cc2)c1-c1ccn(C(=O)NC(CO)CO)n1. The van der Waals surface area contributed by atoms with Gasteiger partial charge in [0.25, 0.3) is 0 Å². The number of nitrogens with one attached hydrogen (secondary N) is 1. The Labute approximate surface area is 154 Å². The van der Waals surface area contributed by atoms with Crippen molar-refractivity contribution in [1.82, 2.24) is 20.3 Å². The highest BCUT2D eigenvalue weighted by molar-refractivity contribution is 6.30. The zero-order valence-electron chi connectivity index (χ0n) is 13.9. The summed E-state index contributed by atoms with van der Waals surface area (Å²) in [6.07, 6.45) is 1.48. The molecule has 136 valence electrons. The Morgan fingerprint density at radius 1 is 1.27 bits per heavy atom. The van der Waals surface area contributed by atoms with Crippen molar-refractivity contribution in [2.24, 2.45) is 0 Å². The van der Waals surface area contributed by atoms with E-state index in [1.807, 2.05) is 12.1 Å². The average molecular weight is 377 g/mol. The summed E-state index contributed by atoms with van der Waals surface area (Å²) in [6.45, 7) is 1.01. The first-order valence-electron chi connectivity index (χ1n) is 7.84. The van der Waals surface area contributed by atoms with Gasteiger partial charge in [0, 0.05) is 16.8 Å². The minimum Gasteiger partial charge on any atom is -0.394 e. The van der Waals surface area contributed by atoms with Gasteiger partial charge in [-0.25, -0.2) is 4.79 Å². The van der Waals surface area contributed by atoms with E-state index < -0.39 is 12.1 Å². The Kier molecular flexibility index (Phi) is 5.36. The van der Waals surface area contributed by atoms with Crippen molar-refractivity contribution in [2.45, 2.75) is 13.0 Å². The van der Waals surface area contributed by atoms with E-state index in [1.165, 1.54) is 6.20 Å². The summed E-state index contributed by atoms with van der Waals surface area (Å²) < 4.78 is 6.39. The van der Waals surface area contributed by atoms with E-state index in [4.69, 9.17) is 26.3 Å². The van der Waals surface area contributed by atoms with Crippen LogP contribution in [0.3, 0.4) is 0 Å². The molecule has 26 heavy (non-hydrogen) atoms. The number of benzene rings is 1. The number of aliphatic hydroxyl groups excluding tert-OH is 2. The number of rotatable bonds is 5. The van der Waals surface area contributed by atoms with Gasteiger partial charge in [-0.05, 0) is 25.1 Å². The van der Waals surface area contributed by atoms with E-state index >= 15 is 0 Å². The van der Waals surface area contributed by atoms with Gasteiger partial charge in [0.15, 0.2) is 0 Å². The normalized spacial score (nSPS) is 11.1. The predicted molar refractivity (Wildman–Crippen MR) is 94.8 cm³/mol. The van der Waals surface area contributed by atoms with Crippen LogP contribution in [0.2, 0.25) is 5.02 Å². The summed E-state index contributed by atoms with van der Waals surface area (Å²) in [4.78, 5) is 12.1. The van der Waals surface area contributed by atoms with Crippen molar-refractivity contribution in [3.63, 3.8) is 0 Å². The topological polar surface area (TPSA) is 113 Å². The third-order valence-corrected chi connectivity index (χ3v) is 4.05. The van der Waals surface area contributed by atoms with Gasteiger partial charge >= 0.3 is 6.03 Å². The number of aryl methyl sites for hydroxylation is 1. The lowest BCUT2D eigenvalue weighted by atomic mass is 10.0. The van der Waals surface area contributed by atoms with Crippen molar-refractivity contribution < 1.29 is 19.5 Å². The first kappa shape index (κ1) is 18.1. The fourth-order valence-electron chi connectivity index (χ4n) is 2.44. The molecule has 0 unspecified atom stereocenters. The van der Waals surface area contributed by atoms with E-state index in [0.29, 0.717) is 27.7 Å². The fraction of sp³-hybridized carbons (Fsp3) is 0.235. The summed E-state index contributed by atoms with van der Waals surface area (Å²) in [5.74, 6) is 0.559. The number of nitrogens with zero attached hydrogens (tertiary/aromatic N) is 3. The van der Waals surface area contributed by atoms with Crippen LogP contribution in [0.5, 0.6) is 0 Å². The largest absolute Gasteiger partial charge is 0.394 e. The monoisotopic (exact) mass is 376 g/mol. The number of carbonyl (C=O) groups excluding carboxylic acids is 1. The van der Waals surface area contributed by atoms with E-state index in [1.54, 1.807) is 25.1 Å². The smallest absolute Gasteiger partial charge is 0.342 e. The lowest BCUT2D eigenvalue weighted by Crippen LogP contribution is -2.42.